The number of likely N-dealkylation sites (tertiary alicyclic amines) is 1. The molecule has 0 radical (unpaired) electrons. The summed E-state index contributed by atoms with van der Waals surface area (Å²) in [5.41, 5.74) is 4.64. The van der Waals surface area contributed by atoms with Crippen LogP contribution in [0.15, 0.2) is 54.7 Å². The van der Waals surface area contributed by atoms with Gasteiger partial charge in [-0.1, -0.05) is 36.4 Å². The van der Waals surface area contributed by atoms with E-state index in [1.807, 2.05) is 24.3 Å². The average molecular weight is 349 g/mol. The Morgan fingerprint density at radius 1 is 1.08 bits per heavy atom. The van der Waals surface area contributed by atoms with Gasteiger partial charge >= 0.3 is 0 Å². The van der Waals surface area contributed by atoms with Crippen molar-refractivity contribution < 1.29 is 5.11 Å². The standard InChI is InChI=1S/C22H27N3O/c1-17-20(25-12-6-5-9-22(25)23-17)16-24-13-10-19(11-14-24)21(26)15-18-7-3-2-4-8-18/h2-9,12,19,21,26H,10-11,13-16H2,1H3. The van der Waals surface area contributed by atoms with Gasteiger partial charge in [0.05, 0.1) is 17.5 Å². The summed E-state index contributed by atoms with van der Waals surface area (Å²) in [4.78, 5) is 7.16. The van der Waals surface area contributed by atoms with Gasteiger partial charge in [-0.3, -0.25) is 4.90 Å². The van der Waals surface area contributed by atoms with Crippen molar-refractivity contribution in [1.29, 1.82) is 0 Å². The molecule has 2 aromatic heterocycles. The molecule has 3 aromatic rings. The highest BCUT2D eigenvalue weighted by Crippen LogP contribution is 2.25. The van der Waals surface area contributed by atoms with Crippen molar-refractivity contribution in [3.8, 4) is 0 Å². The van der Waals surface area contributed by atoms with Crippen molar-refractivity contribution >= 4 is 5.65 Å². The molecule has 1 saturated heterocycles. The molecular weight excluding hydrogens is 322 g/mol. The first-order valence-corrected chi connectivity index (χ1v) is 9.57. The van der Waals surface area contributed by atoms with Gasteiger partial charge in [0.15, 0.2) is 0 Å². The van der Waals surface area contributed by atoms with E-state index in [1.54, 1.807) is 0 Å². The molecule has 3 heterocycles. The quantitative estimate of drug-likeness (QED) is 0.767. The van der Waals surface area contributed by atoms with Crippen LogP contribution in [0.5, 0.6) is 0 Å². The third-order valence-corrected chi connectivity index (χ3v) is 5.67. The molecule has 1 aliphatic rings. The predicted octanol–water partition coefficient (Wildman–Crippen LogP) is 3.46. The molecule has 136 valence electrons. The van der Waals surface area contributed by atoms with Crippen LogP contribution >= 0.6 is 0 Å². The number of aliphatic hydroxyl groups is 1. The van der Waals surface area contributed by atoms with Gasteiger partial charge in [0.25, 0.3) is 0 Å². The Balaban J connectivity index is 1.35. The van der Waals surface area contributed by atoms with E-state index in [0.29, 0.717) is 5.92 Å². The Bertz CT molecular complexity index is 850. The fourth-order valence-electron chi connectivity index (χ4n) is 4.08. The van der Waals surface area contributed by atoms with Gasteiger partial charge in [-0.2, -0.15) is 0 Å². The number of hydrogen-bond acceptors (Lipinski definition) is 3. The molecule has 0 amide bonds. The highest BCUT2D eigenvalue weighted by molar-refractivity contribution is 5.42. The van der Waals surface area contributed by atoms with Crippen LogP contribution in [0.1, 0.15) is 29.8 Å². The molecule has 0 saturated carbocycles. The van der Waals surface area contributed by atoms with E-state index in [4.69, 9.17) is 0 Å². The van der Waals surface area contributed by atoms with Crippen LogP contribution in [0.25, 0.3) is 5.65 Å². The zero-order chi connectivity index (χ0) is 17.9. The van der Waals surface area contributed by atoms with Crippen LogP contribution in [0, 0.1) is 12.8 Å². The summed E-state index contributed by atoms with van der Waals surface area (Å²) in [6.45, 7) is 5.10. The lowest BCUT2D eigenvalue weighted by Crippen LogP contribution is -2.38. The van der Waals surface area contributed by atoms with Crippen LogP contribution in [0.3, 0.4) is 0 Å². The Labute approximate surface area is 155 Å². The number of hydrogen-bond donors (Lipinski definition) is 1. The largest absolute Gasteiger partial charge is 0.392 e. The third-order valence-electron chi connectivity index (χ3n) is 5.67. The number of aliphatic hydroxyl groups excluding tert-OH is 1. The molecule has 1 N–H and O–H groups in total. The molecule has 1 fully saturated rings. The number of nitrogens with zero attached hydrogens (tertiary/aromatic N) is 3. The maximum absolute atomic E-state index is 10.6. The van der Waals surface area contributed by atoms with Crippen molar-refractivity contribution in [2.24, 2.45) is 5.92 Å². The van der Waals surface area contributed by atoms with Gasteiger partial charge in [0, 0.05) is 12.7 Å². The Morgan fingerprint density at radius 2 is 1.81 bits per heavy atom. The lowest BCUT2D eigenvalue weighted by atomic mass is 9.88. The van der Waals surface area contributed by atoms with Crippen LogP contribution in [-0.2, 0) is 13.0 Å². The highest BCUT2D eigenvalue weighted by Gasteiger charge is 2.26. The maximum Gasteiger partial charge on any atom is 0.137 e. The number of imidazole rings is 1. The second kappa shape index (κ2) is 7.60. The number of benzene rings is 1. The third kappa shape index (κ3) is 3.67. The summed E-state index contributed by atoms with van der Waals surface area (Å²) in [7, 11) is 0. The molecule has 0 spiro atoms. The smallest absolute Gasteiger partial charge is 0.137 e. The molecule has 4 heteroatoms. The first-order valence-electron chi connectivity index (χ1n) is 9.57. The maximum atomic E-state index is 10.6. The monoisotopic (exact) mass is 349 g/mol. The van der Waals surface area contributed by atoms with E-state index in [-0.39, 0.29) is 6.10 Å². The number of aryl methyl sites for hydroxylation is 1. The first kappa shape index (κ1) is 17.3. The Hall–Kier alpha value is -2.17. The molecule has 4 nitrogen and oxygen atoms in total. The van der Waals surface area contributed by atoms with Crippen LogP contribution < -0.4 is 0 Å². The van der Waals surface area contributed by atoms with Crippen LogP contribution in [0.4, 0.5) is 0 Å². The van der Waals surface area contributed by atoms with Crippen LogP contribution in [-0.4, -0.2) is 38.6 Å². The van der Waals surface area contributed by atoms with Crippen molar-refractivity contribution in [2.45, 2.75) is 38.8 Å². The molecule has 4 rings (SSSR count). The minimum absolute atomic E-state index is 0.239. The zero-order valence-electron chi connectivity index (χ0n) is 15.4. The number of aromatic nitrogens is 2. The SMILES string of the molecule is Cc1nc2ccccn2c1CN1CCC(C(O)Cc2ccccc2)CC1. The molecule has 1 unspecified atom stereocenters. The predicted molar refractivity (Wildman–Crippen MR) is 104 cm³/mol. The van der Waals surface area contributed by atoms with E-state index < -0.39 is 0 Å². The molecule has 0 aliphatic carbocycles. The average Bonchev–Trinajstić information content (AvgIpc) is 2.98. The van der Waals surface area contributed by atoms with Gasteiger partial charge < -0.3 is 9.51 Å². The fraction of sp³-hybridized carbons (Fsp3) is 0.409. The molecule has 1 aliphatic heterocycles. The van der Waals surface area contributed by atoms with Gasteiger partial charge in [-0.25, -0.2) is 4.98 Å². The Morgan fingerprint density at radius 3 is 2.58 bits per heavy atom. The first-order chi connectivity index (χ1) is 12.7. The molecule has 1 aromatic carbocycles. The molecule has 0 bridgehead atoms. The van der Waals surface area contributed by atoms with Gasteiger partial charge in [0.2, 0.25) is 0 Å². The van der Waals surface area contributed by atoms with Gasteiger partial charge in [0.1, 0.15) is 5.65 Å². The fourth-order valence-corrected chi connectivity index (χ4v) is 4.08. The van der Waals surface area contributed by atoms with Crippen molar-refractivity contribution in [3.63, 3.8) is 0 Å². The second-order valence-electron chi connectivity index (χ2n) is 7.44. The number of pyridine rings is 1. The minimum atomic E-state index is -0.239. The van der Waals surface area contributed by atoms with Crippen molar-refractivity contribution in [1.82, 2.24) is 14.3 Å². The van der Waals surface area contributed by atoms with Crippen molar-refractivity contribution in [2.75, 3.05) is 13.1 Å². The van der Waals surface area contributed by atoms with E-state index >= 15 is 0 Å². The molecule has 26 heavy (non-hydrogen) atoms. The van der Waals surface area contributed by atoms with E-state index in [1.165, 1.54) is 11.3 Å². The minimum Gasteiger partial charge on any atom is -0.392 e. The lowest BCUT2D eigenvalue weighted by Gasteiger charge is -2.34. The summed E-state index contributed by atoms with van der Waals surface area (Å²) in [5.74, 6) is 0.398. The van der Waals surface area contributed by atoms with Gasteiger partial charge in [-0.15, -0.1) is 0 Å². The van der Waals surface area contributed by atoms with Gasteiger partial charge in [-0.05, 0) is 62.9 Å². The normalized spacial score (nSPS) is 17.6. The van der Waals surface area contributed by atoms with E-state index in [9.17, 15) is 5.11 Å². The summed E-state index contributed by atoms with van der Waals surface area (Å²) in [5, 5.41) is 10.6. The summed E-state index contributed by atoms with van der Waals surface area (Å²) in [6.07, 6.45) is 4.74. The summed E-state index contributed by atoms with van der Waals surface area (Å²) < 4.78 is 2.20. The summed E-state index contributed by atoms with van der Waals surface area (Å²) in [6, 6.07) is 16.5. The zero-order valence-corrected chi connectivity index (χ0v) is 15.4. The lowest BCUT2D eigenvalue weighted by molar-refractivity contribution is 0.0572. The highest BCUT2D eigenvalue weighted by atomic mass is 16.3. The number of fused-ring (bicyclic) bond motifs is 1. The van der Waals surface area contributed by atoms with Crippen molar-refractivity contribution in [3.05, 3.63) is 71.7 Å². The van der Waals surface area contributed by atoms with E-state index in [2.05, 4.69) is 51.7 Å². The number of rotatable bonds is 5. The van der Waals surface area contributed by atoms with E-state index in [0.717, 1.165) is 50.2 Å². The summed E-state index contributed by atoms with van der Waals surface area (Å²) >= 11 is 0. The van der Waals surface area contributed by atoms with Crippen LogP contribution in [0.2, 0.25) is 0 Å². The Kier molecular flexibility index (Phi) is 5.05. The second-order valence-corrected chi connectivity index (χ2v) is 7.44. The topological polar surface area (TPSA) is 40.8 Å². The number of piperidine rings is 1. The molecule has 1 atom stereocenters. The molecular formula is C22H27N3O.